The summed E-state index contributed by atoms with van der Waals surface area (Å²) in [5.41, 5.74) is 0. The molecule has 0 saturated heterocycles. The van der Waals surface area contributed by atoms with Gasteiger partial charge in [-0.2, -0.15) is 0 Å². The fourth-order valence-electron chi connectivity index (χ4n) is 0.451. The topological polar surface area (TPSA) is 24.1 Å². The zero-order valence-electron chi connectivity index (χ0n) is 4.15. The fourth-order valence-corrected chi connectivity index (χ4v) is 0.656. The highest BCUT2D eigenvalue weighted by molar-refractivity contribution is 7.80. The van der Waals surface area contributed by atoms with Crippen LogP contribution in [-0.2, 0) is 0 Å². The lowest BCUT2D eigenvalue weighted by Crippen LogP contribution is -2.27. The molecule has 0 aliphatic rings. The highest BCUT2D eigenvalue weighted by Crippen LogP contribution is 1.96. The number of pyridine rings is 1. The lowest BCUT2D eigenvalue weighted by molar-refractivity contribution is -0.906. The van der Waals surface area contributed by atoms with Gasteiger partial charge in [-0.3, -0.25) is 5.21 Å². The Hall–Kier alpha value is -0.700. The Bertz CT molecular complexity index is 172. The zero-order valence-corrected chi connectivity index (χ0v) is 5.05. The molecule has 8 heavy (non-hydrogen) atoms. The van der Waals surface area contributed by atoms with Crippen molar-refractivity contribution in [1.29, 1.82) is 0 Å². The first-order valence-corrected chi connectivity index (χ1v) is 2.63. The summed E-state index contributed by atoms with van der Waals surface area (Å²) in [6, 6.07) is 3.50. The van der Waals surface area contributed by atoms with Crippen molar-refractivity contribution in [2.45, 2.75) is 4.90 Å². The summed E-state index contributed by atoms with van der Waals surface area (Å²) in [7, 11) is 0. The van der Waals surface area contributed by atoms with E-state index in [9.17, 15) is 0 Å². The number of hydrogen-bond donors (Lipinski definition) is 2. The normalized spacial score (nSPS) is 9.12. The summed E-state index contributed by atoms with van der Waals surface area (Å²) in [6.07, 6.45) is 3.03. The summed E-state index contributed by atoms with van der Waals surface area (Å²) >= 11 is 3.97. The Labute approximate surface area is 52.8 Å². The van der Waals surface area contributed by atoms with E-state index in [2.05, 4.69) is 12.6 Å². The van der Waals surface area contributed by atoms with Crippen molar-refractivity contribution >= 4 is 12.6 Å². The van der Waals surface area contributed by atoms with Gasteiger partial charge in [-0.05, 0) is 6.07 Å². The summed E-state index contributed by atoms with van der Waals surface area (Å²) in [5, 5.41) is 8.68. The molecule has 0 unspecified atom stereocenters. The van der Waals surface area contributed by atoms with E-state index in [0.717, 1.165) is 9.63 Å². The molecule has 0 bridgehead atoms. The van der Waals surface area contributed by atoms with Crippen LogP contribution in [0.1, 0.15) is 0 Å². The molecule has 0 fully saturated rings. The van der Waals surface area contributed by atoms with Crippen LogP contribution in [0, 0.1) is 0 Å². The molecule has 0 aliphatic heterocycles. The molecule has 1 rings (SSSR count). The average Bonchev–Trinajstić information content (AvgIpc) is 1.64. The summed E-state index contributed by atoms with van der Waals surface area (Å²) in [6.45, 7) is 0. The minimum Gasteiger partial charge on any atom is -0.285 e. The largest absolute Gasteiger partial charge is 0.285 e. The van der Waals surface area contributed by atoms with Crippen LogP contribution in [0.5, 0.6) is 0 Å². The molecule has 42 valence electrons. The molecule has 1 heterocycles. The molecule has 2 nitrogen and oxygen atoms in total. The van der Waals surface area contributed by atoms with Gasteiger partial charge in [0.25, 0.3) is 0 Å². The molecular weight excluding hydrogens is 122 g/mol. The predicted molar refractivity (Wildman–Crippen MR) is 31.1 cm³/mol. The molecule has 1 N–H and O–H groups in total. The number of nitrogens with zero attached hydrogens (tertiary/aromatic N) is 1. The second kappa shape index (κ2) is 2.05. The van der Waals surface area contributed by atoms with Gasteiger partial charge in [0.2, 0.25) is 12.4 Å². The molecule has 3 heteroatoms. The van der Waals surface area contributed by atoms with Gasteiger partial charge in [0.1, 0.15) is 0 Å². The van der Waals surface area contributed by atoms with Crippen LogP contribution in [0.2, 0.25) is 0 Å². The standard InChI is InChI=1S/C5H5NOS/c7-6-3-1-2-5(8)4-6/h1-4H,(H-,7,8)/p+1. The fraction of sp³-hybridized carbons (Fsp3) is 0. The maximum atomic E-state index is 8.68. The lowest BCUT2D eigenvalue weighted by Gasteiger charge is -1.81. The molecule has 0 amide bonds. The first-order chi connectivity index (χ1) is 3.79. The Morgan fingerprint density at radius 3 is 2.75 bits per heavy atom. The molecule has 1 aromatic heterocycles. The summed E-state index contributed by atoms with van der Waals surface area (Å²) in [4.78, 5) is 0.745. The number of aromatic nitrogens is 1. The van der Waals surface area contributed by atoms with Gasteiger partial charge in [-0.1, -0.05) is 0 Å². The van der Waals surface area contributed by atoms with Crippen molar-refractivity contribution < 1.29 is 9.94 Å². The second-order valence-corrected chi connectivity index (χ2v) is 1.96. The van der Waals surface area contributed by atoms with Gasteiger partial charge in [0.05, 0.1) is 4.90 Å². The monoisotopic (exact) mass is 128 g/mol. The van der Waals surface area contributed by atoms with E-state index >= 15 is 0 Å². The summed E-state index contributed by atoms with van der Waals surface area (Å²) < 4.78 is 0.961. The van der Waals surface area contributed by atoms with E-state index in [1.807, 2.05) is 0 Å². The molecule has 0 radical (unpaired) electrons. The smallest absolute Gasteiger partial charge is 0.235 e. The molecule has 0 aromatic carbocycles. The predicted octanol–water partition coefficient (Wildman–Crippen LogP) is 0.500. The van der Waals surface area contributed by atoms with Crippen molar-refractivity contribution in [1.82, 2.24) is 0 Å². The van der Waals surface area contributed by atoms with E-state index in [1.165, 1.54) is 12.4 Å². The quantitative estimate of drug-likeness (QED) is 0.297. The third-order valence-electron chi connectivity index (χ3n) is 0.770. The minimum atomic E-state index is 0.745. The molecule has 0 aliphatic carbocycles. The lowest BCUT2D eigenvalue weighted by atomic mass is 10.5. The van der Waals surface area contributed by atoms with Gasteiger partial charge in [0, 0.05) is 10.8 Å². The van der Waals surface area contributed by atoms with Crippen LogP contribution >= 0.6 is 12.6 Å². The molecule has 0 saturated carbocycles. The van der Waals surface area contributed by atoms with E-state index in [4.69, 9.17) is 5.21 Å². The first kappa shape index (κ1) is 5.44. The van der Waals surface area contributed by atoms with Gasteiger partial charge in [0.15, 0.2) is 0 Å². The Kier molecular flexibility index (Phi) is 1.39. The van der Waals surface area contributed by atoms with Crippen molar-refractivity contribution in [3.8, 4) is 0 Å². The first-order valence-electron chi connectivity index (χ1n) is 2.18. The van der Waals surface area contributed by atoms with Crippen LogP contribution in [0.25, 0.3) is 0 Å². The number of rotatable bonds is 0. The van der Waals surface area contributed by atoms with Gasteiger partial charge in [-0.25, -0.2) is 0 Å². The maximum absolute atomic E-state index is 8.68. The van der Waals surface area contributed by atoms with Gasteiger partial charge in [-0.15, -0.1) is 12.6 Å². The van der Waals surface area contributed by atoms with Crippen LogP contribution in [0.3, 0.4) is 0 Å². The maximum Gasteiger partial charge on any atom is 0.235 e. The highest BCUT2D eigenvalue weighted by atomic mass is 32.1. The Morgan fingerprint density at radius 2 is 2.38 bits per heavy atom. The van der Waals surface area contributed by atoms with Crippen LogP contribution in [0.4, 0.5) is 0 Å². The molecular formula is C5H6NOS+. The van der Waals surface area contributed by atoms with E-state index in [1.54, 1.807) is 12.1 Å². The van der Waals surface area contributed by atoms with Crippen molar-refractivity contribution in [3.63, 3.8) is 0 Å². The van der Waals surface area contributed by atoms with E-state index in [-0.39, 0.29) is 0 Å². The highest BCUT2D eigenvalue weighted by Gasteiger charge is 1.91. The van der Waals surface area contributed by atoms with Crippen molar-refractivity contribution in [3.05, 3.63) is 24.5 Å². The zero-order chi connectivity index (χ0) is 5.98. The second-order valence-electron chi connectivity index (χ2n) is 1.44. The van der Waals surface area contributed by atoms with Gasteiger partial charge >= 0.3 is 0 Å². The Morgan fingerprint density at radius 1 is 1.62 bits per heavy atom. The van der Waals surface area contributed by atoms with Crippen LogP contribution < -0.4 is 4.73 Å². The van der Waals surface area contributed by atoms with Crippen LogP contribution in [-0.4, -0.2) is 5.21 Å². The van der Waals surface area contributed by atoms with Gasteiger partial charge < -0.3 is 0 Å². The Balaban J connectivity index is 3.08. The van der Waals surface area contributed by atoms with Crippen molar-refractivity contribution in [2.24, 2.45) is 0 Å². The van der Waals surface area contributed by atoms with E-state index in [0.29, 0.717) is 0 Å². The average molecular weight is 128 g/mol. The SMILES string of the molecule is O[n+]1cccc(S)c1. The third-order valence-corrected chi connectivity index (χ3v) is 1.03. The molecule has 0 atom stereocenters. The third kappa shape index (κ3) is 1.13. The summed E-state index contributed by atoms with van der Waals surface area (Å²) in [5.74, 6) is 0. The van der Waals surface area contributed by atoms with E-state index < -0.39 is 0 Å². The molecule has 0 spiro atoms. The minimum absolute atomic E-state index is 0.745. The number of hydrogen-bond acceptors (Lipinski definition) is 2. The van der Waals surface area contributed by atoms with Crippen LogP contribution in [0.15, 0.2) is 29.4 Å². The number of thiol groups is 1. The van der Waals surface area contributed by atoms with Crippen molar-refractivity contribution in [2.75, 3.05) is 0 Å². The molecule has 1 aromatic rings.